The van der Waals surface area contributed by atoms with Gasteiger partial charge in [0.2, 0.25) is 0 Å². The number of benzene rings is 2. The summed E-state index contributed by atoms with van der Waals surface area (Å²) in [6, 6.07) is 18.2. The Hall–Kier alpha value is -3.38. The molecular formula is C24H26N2O4. The highest BCUT2D eigenvalue weighted by atomic mass is 16.5. The van der Waals surface area contributed by atoms with Gasteiger partial charge in [-0.25, -0.2) is 0 Å². The summed E-state index contributed by atoms with van der Waals surface area (Å²) in [6.45, 7) is 6.25. The summed E-state index contributed by atoms with van der Waals surface area (Å²) in [5.74, 6) is 1.79. The van der Waals surface area contributed by atoms with Gasteiger partial charge >= 0.3 is 0 Å². The lowest BCUT2D eigenvalue weighted by molar-refractivity contribution is 0.102. The summed E-state index contributed by atoms with van der Waals surface area (Å²) in [6.07, 6.45) is -0.129. The number of hydrogen-bond donors (Lipinski definition) is 1. The van der Waals surface area contributed by atoms with Crippen LogP contribution >= 0.6 is 0 Å². The molecule has 0 aliphatic carbocycles. The molecule has 1 aromatic heterocycles. The van der Waals surface area contributed by atoms with E-state index in [9.17, 15) is 4.79 Å². The average molecular weight is 406 g/mol. The van der Waals surface area contributed by atoms with Gasteiger partial charge in [0.15, 0.2) is 0 Å². The van der Waals surface area contributed by atoms with Crippen molar-refractivity contribution in [2.45, 2.75) is 26.9 Å². The number of ether oxygens (including phenoxy) is 3. The van der Waals surface area contributed by atoms with Crippen molar-refractivity contribution < 1.29 is 19.0 Å². The molecule has 30 heavy (non-hydrogen) atoms. The van der Waals surface area contributed by atoms with Crippen molar-refractivity contribution in [2.24, 2.45) is 0 Å². The summed E-state index contributed by atoms with van der Waals surface area (Å²) in [4.78, 5) is 17.2. The number of aromatic nitrogens is 1. The van der Waals surface area contributed by atoms with Gasteiger partial charge in [0.05, 0.1) is 29.7 Å². The number of carbonyl (C=O) groups excluding carboxylic acids is 1. The molecule has 1 amide bonds. The van der Waals surface area contributed by atoms with E-state index in [1.807, 2.05) is 63.2 Å². The number of nitrogens with one attached hydrogen (secondary N) is 1. The second-order valence-electron chi connectivity index (χ2n) is 6.74. The van der Waals surface area contributed by atoms with Crippen LogP contribution in [0.1, 0.15) is 41.7 Å². The van der Waals surface area contributed by atoms with E-state index in [-0.39, 0.29) is 12.0 Å². The minimum atomic E-state index is -0.230. The molecule has 3 rings (SSSR count). The van der Waals surface area contributed by atoms with Crippen LogP contribution in [0.4, 0.5) is 5.69 Å². The molecule has 0 bridgehead atoms. The van der Waals surface area contributed by atoms with Gasteiger partial charge in [0.25, 0.3) is 5.91 Å². The first-order chi connectivity index (χ1) is 14.5. The highest BCUT2D eigenvalue weighted by Crippen LogP contribution is 2.27. The molecule has 6 heteroatoms. The molecule has 2 aromatic carbocycles. The molecule has 0 aliphatic rings. The third kappa shape index (κ3) is 5.36. The number of hydrogen-bond acceptors (Lipinski definition) is 5. The Morgan fingerprint density at radius 1 is 1.03 bits per heavy atom. The van der Waals surface area contributed by atoms with Gasteiger partial charge in [-0.2, -0.15) is 0 Å². The van der Waals surface area contributed by atoms with Crippen LogP contribution < -0.4 is 14.8 Å². The van der Waals surface area contributed by atoms with Crippen LogP contribution in [0.3, 0.4) is 0 Å². The van der Waals surface area contributed by atoms with E-state index < -0.39 is 0 Å². The molecule has 1 heterocycles. The van der Waals surface area contributed by atoms with Crippen molar-refractivity contribution in [1.29, 1.82) is 0 Å². The van der Waals surface area contributed by atoms with E-state index >= 15 is 0 Å². The quantitative estimate of drug-likeness (QED) is 0.532. The molecule has 6 nitrogen and oxygen atoms in total. The lowest BCUT2D eigenvalue weighted by Gasteiger charge is -2.13. The number of aryl methyl sites for hydroxylation is 1. The molecule has 1 unspecified atom stereocenters. The predicted molar refractivity (Wildman–Crippen MR) is 116 cm³/mol. The fourth-order valence-corrected chi connectivity index (χ4v) is 2.93. The molecule has 0 aliphatic heterocycles. The standard InChI is InChI=1S/C24H26N2O4/c1-5-29-19-9-7-11-21(15-19)30-20-10-6-8-18(14-20)26-24(27)22-12-13-23(17(3)28-4)25-16(22)2/h6-15,17H,5H2,1-4H3,(H,26,27). The van der Waals surface area contributed by atoms with Crippen molar-refractivity contribution in [2.75, 3.05) is 19.0 Å². The fraction of sp³-hybridized carbons (Fsp3) is 0.250. The molecule has 0 fully saturated rings. The summed E-state index contributed by atoms with van der Waals surface area (Å²) in [5.41, 5.74) is 2.58. The van der Waals surface area contributed by atoms with Crippen LogP contribution in [-0.4, -0.2) is 24.6 Å². The molecule has 156 valence electrons. The van der Waals surface area contributed by atoms with E-state index in [0.717, 1.165) is 11.4 Å². The van der Waals surface area contributed by atoms with Gasteiger partial charge in [-0.05, 0) is 57.2 Å². The third-order valence-corrected chi connectivity index (χ3v) is 4.57. The normalized spacial score (nSPS) is 11.6. The predicted octanol–water partition coefficient (Wildman–Crippen LogP) is 5.54. The number of anilines is 1. The lowest BCUT2D eigenvalue weighted by Crippen LogP contribution is -2.15. The number of methoxy groups -OCH3 is 1. The zero-order valence-electron chi connectivity index (χ0n) is 17.6. The summed E-state index contributed by atoms with van der Waals surface area (Å²) in [7, 11) is 1.63. The number of amides is 1. The molecule has 0 radical (unpaired) electrons. The van der Waals surface area contributed by atoms with Gasteiger partial charge in [-0.1, -0.05) is 12.1 Å². The third-order valence-electron chi connectivity index (χ3n) is 4.57. The fourth-order valence-electron chi connectivity index (χ4n) is 2.93. The number of rotatable bonds is 8. The largest absolute Gasteiger partial charge is 0.494 e. The van der Waals surface area contributed by atoms with Crippen LogP contribution in [0.15, 0.2) is 60.7 Å². The van der Waals surface area contributed by atoms with E-state index in [1.54, 1.807) is 25.3 Å². The van der Waals surface area contributed by atoms with Crippen LogP contribution in [0.2, 0.25) is 0 Å². The first-order valence-electron chi connectivity index (χ1n) is 9.82. The molecular weight excluding hydrogens is 380 g/mol. The van der Waals surface area contributed by atoms with Gasteiger partial charge in [0, 0.05) is 24.9 Å². The first kappa shape index (κ1) is 21.3. The van der Waals surface area contributed by atoms with Gasteiger partial charge < -0.3 is 19.5 Å². The highest BCUT2D eigenvalue weighted by Gasteiger charge is 2.14. The Morgan fingerprint density at radius 2 is 1.73 bits per heavy atom. The van der Waals surface area contributed by atoms with E-state index in [2.05, 4.69) is 10.3 Å². The molecule has 0 saturated carbocycles. The van der Waals surface area contributed by atoms with Gasteiger partial charge in [-0.3, -0.25) is 9.78 Å². The Balaban J connectivity index is 1.72. The lowest BCUT2D eigenvalue weighted by atomic mass is 10.1. The summed E-state index contributed by atoms with van der Waals surface area (Å²) in [5, 5.41) is 2.90. The summed E-state index contributed by atoms with van der Waals surface area (Å²) < 4.78 is 16.7. The van der Waals surface area contributed by atoms with Crippen LogP contribution in [-0.2, 0) is 4.74 Å². The van der Waals surface area contributed by atoms with Gasteiger partial charge in [0.1, 0.15) is 17.2 Å². The smallest absolute Gasteiger partial charge is 0.257 e. The zero-order valence-corrected chi connectivity index (χ0v) is 17.6. The Bertz CT molecular complexity index is 1020. The first-order valence-corrected chi connectivity index (χ1v) is 9.82. The number of carbonyl (C=O) groups is 1. The Morgan fingerprint density at radius 3 is 2.43 bits per heavy atom. The maximum Gasteiger partial charge on any atom is 0.257 e. The highest BCUT2D eigenvalue weighted by molar-refractivity contribution is 6.05. The molecule has 0 spiro atoms. The van der Waals surface area contributed by atoms with Crippen molar-refractivity contribution in [1.82, 2.24) is 4.98 Å². The van der Waals surface area contributed by atoms with Crippen LogP contribution in [0.5, 0.6) is 17.2 Å². The SMILES string of the molecule is CCOc1cccc(Oc2cccc(NC(=O)c3ccc(C(C)OC)nc3C)c2)c1. The average Bonchev–Trinajstić information content (AvgIpc) is 2.73. The molecule has 3 aromatic rings. The van der Waals surface area contributed by atoms with Crippen molar-refractivity contribution in [3.8, 4) is 17.2 Å². The van der Waals surface area contributed by atoms with Crippen molar-refractivity contribution >= 4 is 11.6 Å². The van der Waals surface area contributed by atoms with Crippen LogP contribution in [0.25, 0.3) is 0 Å². The van der Waals surface area contributed by atoms with E-state index in [4.69, 9.17) is 14.2 Å². The number of nitrogens with zero attached hydrogens (tertiary/aromatic N) is 1. The molecule has 0 saturated heterocycles. The van der Waals surface area contributed by atoms with Crippen LogP contribution in [0, 0.1) is 6.92 Å². The minimum absolute atomic E-state index is 0.129. The Labute approximate surface area is 176 Å². The topological polar surface area (TPSA) is 69.7 Å². The monoisotopic (exact) mass is 406 g/mol. The molecule has 1 atom stereocenters. The maximum absolute atomic E-state index is 12.7. The number of pyridine rings is 1. The molecule has 1 N–H and O–H groups in total. The van der Waals surface area contributed by atoms with Gasteiger partial charge in [-0.15, -0.1) is 0 Å². The summed E-state index contributed by atoms with van der Waals surface area (Å²) >= 11 is 0. The zero-order chi connectivity index (χ0) is 21.5. The minimum Gasteiger partial charge on any atom is -0.494 e. The Kier molecular flexibility index (Phi) is 7.03. The van der Waals surface area contributed by atoms with Crippen molar-refractivity contribution in [3.05, 3.63) is 77.6 Å². The van der Waals surface area contributed by atoms with Crippen molar-refractivity contribution in [3.63, 3.8) is 0 Å². The second kappa shape index (κ2) is 9.89. The van der Waals surface area contributed by atoms with E-state index in [0.29, 0.717) is 35.1 Å². The second-order valence-corrected chi connectivity index (χ2v) is 6.74. The maximum atomic E-state index is 12.7. The van der Waals surface area contributed by atoms with E-state index in [1.165, 1.54) is 0 Å².